The first-order chi connectivity index (χ1) is 8.79. The summed E-state index contributed by atoms with van der Waals surface area (Å²) in [5.74, 6) is 0. The molecule has 2 rings (SSSR count). The fourth-order valence-corrected chi connectivity index (χ4v) is 2.15. The minimum atomic E-state index is 1.02. The van der Waals surface area contributed by atoms with Gasteiger partial charge in [0.05, 0.1) is 0 Å². The molecule has 18 heavy (non-hydrogen) atoms. The maximum atomic E-state index is 2.47. The van der Waals surface area contributed by atoms with Crippen molar-refractivity contribution in [2.24, 2.45) is 0 Å². The van der Waals surface area contributed by atoms with E-state index in [1.165, 1.54) is 16.7 Å². The number of hydrogen-bond donors (Lipinski definition) is 0. The van der Waals surface area contributed by atoms with Crippen molar-refractivity contribution in [1.29, 1.82) is 0 Å². The van der Waals surface area contributed by atoms with Crippen LogP contribution in [0.2, 0.25) is 0 Å². The second-order valence-electron chi connectivity index (χ2n) is 4.72. The van der Waals surface area contributed by atoms with Crippen LogP contribution >= 0.6 is 0 Å². The molecule has 0 radical (unpaired) electrons. The molecule has 0 aliphatic carbocycles. The molecule has 0 aliphatic rings. The van der Waals surface area contributed by atoms with Crippen LogP contribution in [0.3, 0.4) is 0 Å². The number of aryl methyl sites for hydroxylation is 1. The van der Waals surface area contributed by atoms with Crippen molar-refractivity contribution < 1.29 is 0 Å². The molecule has 0 saturated carbocycles. The first-order valence-electron chi connectivity index (χ1n) is 6.60. The van der Waals surface area contributed by atoms with Crippen molar-refractivity contribution in [3.05, 3.63) is 71.3 Å². The normalized spacial score (nSPS) is 10.8. The second-order valence-corrected chi connectivity index (χ2v) is 4.72. The van der Waals surface area contributed by atoms with Crippen LogP contribution in [0.25, 0.3) is 0 Å². The summed E-state index contributed by atoms with van der Waals surface area (Å²) in [6, 6.07) is 19.3. The maximum absolute atomic E-state index is 2.47. The largest absolute Gasteiger partial charge is 0.295 e. The Morgan fingerprint density at radius 2 is 1.50 bits per heavy atom. The quantitative estimate of drug-likeness (QED) is 0.762. The highest BCUT2D eigenvalue weighted by Crippen LogP contribution is 2.12. The standard InChI is InChI=1S/C17H21N/c1-3-18(13-16-10-5-4-6-11-16)14-17-12-8-7-9-15(17)2/h4-12H,3,13-14H2,1-2H3. The summed E-state index contributed by atoms with van der Waals surface area (Å²) in [6.45, 7) is 7.53. The summed E-state index contributed by atoms with van der Waals surface area (Å²) in [7, 11) is 0. The lowest BCUT2D eigenvalue weighted by atomic mass is 10.1. The van der Waals surface area contributed by atoms with Gasteiger partial charge in [-0.2, -0.15) is 0 Å². The average Bonchev–Trinajstić information content (AvgIpc) is 2.41. The molecule has 0 aromatic heterocycles. The van der Waals surface area contributed by atoms with E-state index in [0.717, 1.165) is 19.6 Å². The zero-order chi connectivity index (χ0) is 12.8. The first-order valence-corrected chi connectivity index (χ1v) is 6.60. The van der Waals surface area contributed by atoms with Gasteiger partial charge >= 0.3 is 0 Å². The number of hydrogen-bond acceptors (Lipinski definition) is 1. The molecule has 2 aromatic carbocycles. The van der Waals surface area contributed by atoms with Gasteiger partial charge in [-0.15, -0.1) is 0 Å². The van der Waals surface area contributed by atoms with E-state index in [9.17, 15) is 0 Å². The lowest BCUT2D eigenvalue weighted by molar-refractivity contribution is 0.271. The third kappa shape index (κ3) is 3.44. The molecule has 2 aromatic rings. The summed E-state index contributed by atoms with van der Waals surface area (Å²) in [6.07, 6.45) is 0. The van der Waals surface area contributed by atoms with Crippen LogP contribution < -0.4 is 0 Å². The molecule has 0 heterocycles. The van der Waals surface area contributed by atoms with Gasteiger partial charge in [0.15, 0.2) is 0 Å². The van der Waals surface area contributed by atoms with Gasteiger partial charge in [0.2, 0.25) is 0 Å². The minimum absolute atomic E-state index is 1.02. The van der Waals surface area contributed by atoms with Gasteiger partial charge in [-0.25, -0.2) is 0 Å². The molecule has 0 unspecified atom stereocenters. The molecule has 1 heteroatoms. The van der Waals surface area contributed by atoms with Crippen molar-refractivity contribution in [2.45, 2.75) is 26.9 Å². The van der Waals surface area contributed by atoms with Gasteiger partial charge in [-0.3, -0.25) is 4.90 Å². The molecular weight excluding hydrogens is 218 g/mol. The lowest BCUT2D eigenvalue weighted by Crippen LogP contribution is -2.22. The summed E-state index contributed by atoms with van der Waals surface area (Å²) < 4.78 is 0. The van der Waals surface area contributed by atoms with Gasteiger partial charge in [-0.05, 0) is 30.2 Å². The van der Waals surface area contributed by atoms with Crippen molar-refractivity contribution >= 4 is 0 Å². The maximum Gasteiger partial charge on any atom is 0.0239 e. The molecule has 0 N–H and O–H groups in total. The summed E-state index contributed by atoms with van der Waals surface area (Å²) in [5.41, 5.74) is 4.19. The van der Waals surface area contributed by atoms with E-state index in [0.29, 0.717) is 0 Å². The highest BCUT2D eigenvalue weighted by molar-refractivity contribution is 5.25. The van der Waals surface area contributed by atoms with Gasteiger partial charge in [0, 0.05) is 13.1 Å². The van der Waals surface area contributed by atoms with Crippen molar-refractivity contribution in [3.63, 3.8) is 0 Å². The van der Waals surface area contributed by atoms with Crippen LogP contribution in [0.1, 0.15) is 23.6 Å². The van der Waals surface area contributed by atoms with Gasteiger partial charge < -0.3 is 0 Å². The molecule has 0 fully saturated rings. The van der Waals surface area contributed by atoms with Crippen molar-refractivity contribution in [3.8, 4) is 0 Å². The van der Waals surface area contributed by atoms with Gasteiger partial charge in [-0.1, -0.05) is 61.5 Å². The molecule has 1 nitrogen and oxygen atoms in total. The van der Waals surface area contributed by atoms with E-state index in [4.69, 9.17) is 0 Å². The molecule has 0 bridgehead atoms. The van der Waals surface area contributed by atoms with Crippen LogP contribution in [0.5, 0.6) is 0 Å². The highest BCUT2D eigenvalue weighted by Gasteiger charge is 2.06. The Hall–Kier alpha value is -1.60. The zero-order valence-corrected chi connectivity index (χ0v) is 11.3. The fraction of sp³-hybridized carbons (Fsp3) is 0.294. The Bertz CT molecular complexity index is 476. The predicted molar refractivity (Wildman–Crippen MR) is 77.4 cm³/mol. The Kier molecular flexibility index (Phi) is 4.54. The van der Waals surface area contributed by atoms with E-state index in [1.807, 2.05) is 0 Å². The van der Waals surface area contributed by atoms with Crippen LogP contribution in [-0.2, 0) is 13.1 Å². The van der Waals surface area contributed by atoms with Crippen LogP contribution in [-0.4, -0.2) is 11.4 Å². The molecule has 0 aliphatic heterocycles. The molecule has 0 atom stereocenters. The monoisotopic (exact) mass is 239 g/mol. The van der Waals surface area contributed by atoms with Crippen molar-refractivity contribution in [2.75, 3.05) is 6.54 Å². The van der Waals surface area contributed by atoms with Gasteiger partial charge in [0.25, 0.3) is 0 Å². The average molecular weight is 239 g/mol. The van der Waals surface area contributed by atoms with Crippen LogP contribution in [0, 0.1) is 6.92 Å². The first kappa shape index (κ1) is 12.8. The molecule has 0 saturated heterocycles. The van der Waals surface area contributed by atoms with E-state index >= 15 is 0 Å². The summed E-state index contributed by atoms with van der Waals surface area (Å²) in [5, 5.41) is 0. The minimum Gasteiger partial charge on any atom is -0.295 e. The highest BCUT2D eigenvalue weighted by atomic mass is 15.1. The topological polar surface area (TPSA) is 3.24 Å². The van der Waals surface area contributed by atoms with E-state index in [-0.39, 0.29) is 0 Å². The molecule has 94 valence electrons. The predicted octanol–water partition coefficient (Wildman–Crippen LogP) is 4.02. The van der Waals surface area contributed by atoms with Crippen molar-refractivity contribution in [1.82, 2.24) is 4.90 Å². The SMILES string of the molecule is CCN(Cc1ccccc1)Cc1ccccc1C. The summed E-state index contributed by atoms with van der Waals surface area (Å²) >= 11 is 0. The third-order valence-electron chi connectivity index (χ3n) is 3.35. The van der Waals surface area contributed by atoms with E-state index < -0.39 is 0 Å². The van der Waals surface area contributed by atoms with Crippen LogP contribution in [0.4, 0.5) is 0 Å². The van der Waals surface area contributed by atoms with E-state index in [1.54, 1.807) is 0 Å². The molecule has 0 spiro atoms. The van der Waals surface area contributed by atoms with Gasteiger partial charge in [0.1, 0.15) is 0 Å². The second kappa shape index (κ2) is 6.36. The Labute approximate surface area is 110 Å². The fourth-order valence-electron chi connectivity index (χ4n) is 2.15. The number of nitrogens with zero attached hydrogens (tertiary/aromatic N) is 1. The van der Waals surface area contributed by atoms with E-state index in [2.05, 4.69) is 73.3 Å². The van der Waals surface area contributed by atoms with Crippen LogP contribution in [0.15, 0.2) is 54.6 Å². The zero-order valence-electron chi connectivity index (χ0n) is 11.3. The Morgan fingerprint density at radius 1 is 0.833 bits per heavy atom. The number of rotatable bonds is 5. The summed E-state index contributed by atoms with van der Waals surface area (Å²) in [4.78, 5) is 2.47. The smallest absolute Gasteiger partial charge is 0.0239 e. The Balaban J connectivity index is 2.04. The third-order valence-corrected chi connectivity index (χ3v) is 3.35. The molecule has 0 amide bonds. The Morgan fingerprint density at radius 3 is 2.17 bits per heavy atom. The lowest BCUT2D eigenvalue weighted by Gasteiger charge is -2.21. The molecular formula is C17H21N. The number of benzene rings is 2.